The summed E-state index contributed by atoms with van der Waals surface area (Å²) in [6, 6.07) is 22.0. The van der Waals surface area contributed by atoms with E-state index in [1.807, 2.05) is 76.7 Å². The lowest BCUT2D eigenvalue weighted by atomic mass is 9.94. The molecule has 4 nitrogen and oxygen atoms in total. The van der Waals surface area contributed by atoms with Crippen molar-refractivity contribution in [1.82, 2.24) is 4.90 Å². The second-order valence-corrected chi connectivity index (χ2v) is 8.74. The van der Waals surface area contributed by atoms with Crippen molar-refractivity contribution in [3.63, 3.8) is 0 Å². The minimum absolute atomic E-state index is 0.0672. The van der Waals surface area contributed by atoms with Crippen LogP contribution in [0.5, 0.6) is 0 Å². The fourth-order valence-corrected chi connectivity index (χ4v) is 4.58. The van der Waals surface area contributed by atoms with Gasteiger partial charge in [0.1, 0.15) is 0 Å². The van der Waals surface area contributed by atoms with Gasteiger partial charge in [-0.1, -0.05) is 54.1 Å². The summed E-state index contributed by atoms with van der Waals surface area (Å²) in [5.74, 6) is 0.156. The number of rotatable bonds is 5. The molecule has 2 amide bonds. The normalized spacial score (nSPS) is 14.5. The minimum atomic E-state index is -0.0672. The van der Waals surface area contributed by atoms with Gasteiger partial charge in [0.05, 0.1) is 11.4 Å². The third-order valence-corrected chi connectivity index (χ3v) is 6.52. The molecule has 0 aliphatic carbocycles. The van der Waals surface area contributed by atoms with E-state index < -0.39 is 0 Å². The quantitative estimate of drug-likeness (QED) is 0.575. The number of aryl methyl sites for hydroxylation is 1. The zero-order valence-electron chi connectivity index (χ0n) is 17.2. The predicted molar refractivity (Wildman–Crippen MR) is 122 cm³/mol. The Bertz CT molecular complexity index is 976. The summed E-state index contributed by atoms with van der Waals surface area (Å²) in [5.41, 5.74) is 3.20. The summed E-state index contributed by atoms with van der Waals surface area (Å²) in [5, 5.41) is 1.92. The lowest BCUT2D eigenvalue weighted by molar-refractivity contribution is -0.123. The Morgan fingerprint density at radius 1 is 0.967 bits per heavy atom. The average Bonchev–Trinajstić information content (AvgIpc) is 3.33. The molecule has 1 aliphatic heterocycles. The van der Waals surface area contributed by atoms with Gasteiger partial charge in [-0.25, -0.2) is 0 Å². The van der Waals surface area contributed by atoms with E-state index in [0.717, 1.165) is 16.1 Å². The SMILES string of the molecule is Cc1ccc(N(Cc2ccccc2)C(=O)C2CCN(C(=O)c3cccs3)CC2)cc1. The van der Waals surface area contributed by atoms with Crippen LogP contribution in [0.25, 0.3) is 0 Å². The second kappa shape index (κ2) is 9.26. The van der Waals surface area contributed by atoms with Crippen molar-refractivity contribution in [2.24, 2.45) is 5.92 Å². The highest BCUT2D eigenvalue weighted by molar-refractivity contribution is 7.12. The van der Waals surface area contributed by atoms with Gasteiger partial charge in [0, 0.05) is 24.7 Å². The zero-order chi connectivity index (χ0) is 20.9. The Labute approximate surface area is 181 Å². The Balaban J connectivity index is 1.48. The number of carbonyl (C=O) groups excluding carboxylic acids is 2. The third kappa shape index (κ3) is 4.62. The van der Waals surface area contributed by atoms with Crippen molar-refractivity contribution in [3.8, 4) is 0 Å². The van der Waals surface area contributed by atoms with E-state index in [0.29, 0.717) is 32.5 Å². The van der Waals surface area contributed by atoms with E-state index in [9.17, 15) is 9.59 Å². The standard InChI is InChI=1S/C25H26N2O2S/c1-19-9-11-22(12-10-19)27(18-20-6-3-2-4-7-20)24(28)21-13-15-26(16-14-21)25(29)23-8-5-17-30-23/h2-12,17,21H,13-16,18H2,1H3. The van der Waals surface area contributed by atoms with E-state index in [-0.39, 0.29) is 17.7 Å². The number of carbonyl (C=O) groups is 2. The van der Waals surface area contributed by atoms with E-state index in [1.54, 1.807) is 0 Å². The van der Waals surface area contributed by atoms with Crippen LogP contribution in [-0.4, -0.2) is 29.8 Å². The first-order valence-electron chi connectivity index (χ1n) is 10.4. The average molecular weight is 419 g/mol. The Morgan fingerprint density at radius 2 is 1.67 bits per heavy atom. The molecular weight excluding hydrogens is 392 g/mol. The molecule has 154 valence electrons. The van der Waals surface area contributed by atoms with Crippen LogP contribution in [0.2, 0.25) is 0 Å². The lowest BCUT2D eigenvalue weighted by Gasteiger charge is -2.34. The van der Waals surface area contributed by atoms with Gasteiger partial charge in [-0.2, -0.15) is 0 Å². The van der Waals surface area contributed by atoms with Gasteiger partial charge in [-0.15, -0.1) is 11.3 Å². The van der Waals surface area contributed by atoms with E-state index in [2.05, 4.69) is 12.1 Å². The zero-order valence-corrected chi connectivity index (χ0v) is 18.0. The topological polar surface area (TPSA) is 40.6 Å². The van der Waals surface area contributed by atoms with Gasteiger partial charge >= 0.3 is 0 Å². The number of piperidine rings is 1. The molecule has 0 radical (unpaired) electrons. The summed E-state index contributed by atoms with van der Waals surface area (Å²) in [7, 11) is 0. The molecule has 0 atom stereocenters. The smallest absolute Gasteiger partial charge is 0.263 e. The maximum absolute atomic E-state index is 13.5. The number of nitrogens with zero attached hydrogens (tertiary/aromatic N) is 2. The molecule has 30 heavy (non-hydrogen) atoms. The van der Waals surface area contributed by atoms with Crippen LogP contribution in [0.3, 0.4) is 0 Å². The van der Waals surface area contributed by atoms with Crippen LogP contribution >= 0.6 is 11.3 Å². The van der Waals surface area contributed by atoms with E-state index in [1.165, 1.54) is 16.9 Å². The number of hydrogen-bond donors (Lipinski definition) is 0. The largest absolute Gasteiger partial charge is 0.338 e. The van der Waals surface area contributed by atoms with Gasteiger partial charge < -0.3 is 9.80 Å². The van der Waals surface area contributed by atoms with Crippen molar-refractivity contribution in [1.29, 1.82) is 0 Å². The Morgan fingerprint density at radius 3 is 2.30 bits per heavy atom. The van der Waals surface area contributed by atoms with Crippen molar-refractivity contribution in [3.05, 3.63) is 88.1 Å². The molecular formula is C25H26N2O2S. The summed E-state index contributed by atoms with van der Waals surface area (Å²) >= 11 is 1.47. The lowest BCUT2D eigenvalue weighted by Crippen LogP contribution is -2.44. The van der Waals surface area contributed by atoms with E-state index in [4.69, 9.17) is 0 Å². The monoisotopic (exact) mass is 418 g/mol. The highest BCUT2D eigenvalue weighted by Crippen LogP contribution is 2.26. The predicted octanol–water partition coefficient (Wildman–Crippen LogP) is 5.14. The molecule has 0 spiro atoms. The molecule has 0 saturated carbocycles. The van der Waals surface area contributed by atoms with Gasteiger partial charge in [-0.05, 0) is 48.9 Å². The van der Waals surface area contributed by atoms with Crippen LogP contribution in [0.1, 0.15) is 33.6 Å². The van der Waals surface area contributed by atoms with Crippen LogP contribution in [0.15, 0.2) is 72.1 Å². The first kappa shape index (κ1) is 20.4. The molecule has 2 aromatic carbocycles. The van der Waals surface area contributed by atoms with Crippen LogP contribution < -0.4 is 4.90 Å². The third-order valence-electron chi connectivity index (χ3n) is 5.66. The summed E-state index contributed by atoms with van der Waals surface area (Å²) in [6.07, 6.45) is 1.40. The molecule has 2 heterocycles. The highest BCUT2D eigenvalue weighted by atomic mass is 32.1. The molecule has 0 N–H and O–H groups in total. The number of amides is 2. The number of likely N-dealkylation sites (tertiary alicyclic amines) is 1. The molecule has 4 rings (SSSR count). The molecule has 0 unspecified atom stereocenters. The van der Waals surface area contributed by atoms with Crippen molar-refractivity contribution >= 4 is 28.8 Å². The van der Waals surface area contributed by atoms with Gasteiger partial charge in [0.15, 0.2) is 0 Å². The maximum Gasteiger partial charge on any atom is 0.263 e. The van der Waals surface area contributed by atoms with Crippen molar-refractivity contribution < 1.29 is 9.59 Å². The first-order valence-corrected chi connectivity index (χ1v) is 11.2. The first-order chi connectivity index (χ1) is 14.6. The number of benzene rings is 2. The molecule has 5 heteroatoms. The molecule has 1 fully saturated rings. The highest BCUT2D eigenvalue weighted by Gasteiger charge is 2.31. The van der Waals surface area contributed by atoms with Crippen LogP contribution in [-0.2, 0) is 11.3 Å². The summed E-state index contributed by atoms with van der Waals surface area (Å²) in [6.45, 7) is 3.85. The molecule has 1 saturated heterocycles. The second-order valence-electron chi connectivity index (χ2n) is 7.79. The Hall–Kier alpha value is -2.92. The van der Waals surface area contributed by atoms with Crippen LogP contribution in [0.4, 0.5) is 5.69 Å². The fourth-order valence-electron chi connectivity index (χ4n) is 3.89. The molecule has 3 aromatic rings. The summed E-state index contributed by atoms with van der Waals surface area (Å²) < 4.78 is 0. The number of anilines is 1. The molecule has 0 bridgehead atoms. The fraction of sp³-hybridized carbons (Fsp3) is 0.280. The summed E-state index contributed by atoms with van der Waals surface area (Å²) in [4.78, 5) is 30.7. The van der Waals surface area contributed by atoms with Crippen molar-refractivity contribution in [2.45, 2.75) is 26.3 Å². The van der Waals surface area contributed by atoms with Crippen molar-refractivity contribution in [2.75, 3.05) is 18.0 Å². The van der Waals surface area contributed by atoms with Crippen LogP contribution in [0, 0.1) is 12.8 Å². The van der Waals surface area contributed by atoms with Gasteiger partial charge in [-0.3, -0.25) is 9.59 Å². The van der Waals surface area contributed by atoms with E-state index >= 15 is 0 Å². The molecule has 1 aromatic heterocycles. The van der Waals surface area contributed by atoms with Gasteiger partial charge in [0.2, 0.25) is 5.91 Å². The Kier molecular flexibility index (Phi) is 6.29. The van der Waals surface area contributed by atoms with Gasteiger partial charge in [0.25, 0.3) is 5.91 Å². The minimum Gasteiger partial charge on any atom is -0.338 e. The molecule has 1 aliphatic rings. The maximum atomic E-state index is 13.5. The number of thiophene rings is 1. The number of hydrogen-bond acceptors (Lipinski definition) is 3.